The lowest BCUT2D eigenvalue weighted by Gasteiger charge is -2.02. The second-order valence-corrected chi connectivity index (χ2v) is 4.18. The number of hydrogen-bond acceptors (Lipinski definition) is 5. The summed E-state index contributed by atoms with van der Waals surface area (Å²) in [6, 6.07) is 7.03. The topological polar surface area (TPSA) is 88.1 Å². The normalized spacial score (nSPS) is 10.8. The Morgan fingerprint density at radius 3 is 2.74 bits per heavy atom. The molecule has 7 nitrogen and oxygen atoms in total. The Morgan fingerprint density at radius 1 is 1.32 bits per heavy atom. The maximum atomic E-state index is 11.9. The van der Waals surface area contributed by atoms with Crippen molar-refractivity contribution in [3.8, 4) is 17.0 Å². The molecule has 19 heavy (non-hydrogen) atoms. The van der Waals surface area contributed by atoms with Crippen LogP contribution in [0.3, 0.4) is 0 Å². The quantitative estimate of drug-likeness (QED) is 0.685. The van der Waals surface area contributed by atoms with Gasteiger partial charge in [0, 0.05) is 5.56 Å². The molecule has 8 heteroatoms. The molecule has 2 aromatic heterocycles. The highest BCUT2D eigenvalue weighted by atomic mass is 32.1. The van der Waals surface area contributed by atoms with Crippen molar-refractivity contribution < 1.29 is 4.74 Å². The number of ether oxygens (including phenoxy) is 1. The number of rotatable bonds is 2. The molecule has 0 unspecified atom stereocenters. The summed E-state index contributed by atoms with van der Waals surface area (Å²) in [5, 5.41) is 10.6. The van der Waals surface area contributed by atoms with Crippen molar-refractivity contribution in [2.75, 3.05) is 7.11 Å². The largest absolute Gasteiger partial charge is 0.497 e. The van der Waals surface area contributed by atoms with Crippen molar-refractivity contribution in [3.63, 3.8) is 0 Å². The Morgan fingerprint density at radius 2 is 2.05 bits per heavy atom. The van der Waals surface area contributed by atoms with E-state index in [1.165, 1.54) is 4.52 Å². The Labute approximate surface area is 111 Å². The number of methoxy groups -OCH3 is 1. The van der Waals surface area contributed by atoms with Crippen LogP contribution in [0.1, 0.15) is 0 Å². The minimum absolute atomic E-state index is 0.271. The maximum absolute atomic E-state index is 11.9. The number of nitrogens with zero attached hydrogens (tertiary/aromatic N) is 3. The molecule has 2 heterocycles. The van der Waals surface area contributed by atoms with Crippen molar-refractivity contribution in [1.29, 1.82) is 0 Å². The van der Waals surface area contributed by atoms with E-state index in [4.69, 9.17) is 17.0 Å². The van der Waals surface area contributed by atoms with E-state index in [9.17, 15) is 4.79 Å². The fraction of sp³-hybridized carbons (Fsp3) is 0.0909. The van der Waals surface area contributed by atoms with Crippen molar-refractivity contribution in [2.45, 2.75) is 0 Å². The Bertz CT molecular complexity index is 846. The van der Waals surface area contributed by atoms with Gasteiger partial charge in [0.25, 0.3) is 11.3 Å². The van der Waals surface area contributed by atoms with Gasteiger partial charge in [0.2, 0.25) is 4.77 Å². The first-order chi connectivity index (χ1) is 9.19. The van der Waals surface area contributed by atoms with Crippen LogP contribution in [0.15, 0.2) is 29.1 Å². The third-order valence-electron chi connectivity index (χ3n) is 2.65. The molecule has 0 aliphatic carbocycles. The molecule has 0 atom stereocenters. The van der Waals surface area contributed by atoms with E-state index in [0.29, 0.717) is 16.1 Å². The van der Waals surface area contributed by atoms with E-state index in [0.717, 1.165) is 0 Å². The molecule has 1 aromatic carbocycles. The van der Waals surface area contributed by atoms with Crippen LogP contribution in [0, 0.1) is 4.77 Å². The van der Waals surface area contributed by atoms with E-state index in [-0.39, 0.29) is 17.0 Å². The monoisotopic (exact) mass is 275 g/mol. The smallest absolute Gasteiger partial charge is 0.279 e. The van der Waals surface area contributed by atoms with Crippen LogP contribution in [0.25, 0.3) is 17.0 Å². The van der Waals surface area contributed by atoms with Gasteiger partial charge in [0.1, 0.15) is 5.75 Å². The van der Waals surface area contributed by atoms with Gasteiger partial charge in [-0.1, -0.05) is 0 Å². The molecule has 0 amide bonds. The number of H-pyrrole nitrogens is 2. The molecule has 0 aliphatic heterocycles. The standard InChI is InChI=1S/C11H9N5O2S/c1-18-7-4-2-6(3-5-7)8-9(17)12-10-13-14-11(19)16(10)15-8/h2-5H,1H3,(H,14,19)(H,12,13,17). The fourth-order valence-electron chi connectivity index (χ4n) is 1.71. The van der Waals surface area contributed by atoms with Gasteiger partial charge in [-0.25, -0.2) is 5.10 Å². The zero-order chi connectivity index (χ0) is 13.4. The number of benzene rings is 1. The van der Waals surface area contributed by atoms with Gasteiger partial charge in [0.15, 0.2) is 5.69 Å². The average molecular weight is 275 g/mol. The lowest BCUT2D eigenvalue weighted by molar-refractivity contribution is 0.415. The van der Waals surface area contributed by atoms with Gasteiger partial charge < -0.3 is 4.74 Å². The average Bonchev–Trinajstić information content (AvgIpc) is 2.79. The summed E-state index contributed by atoms with van der Waals surface area (Å²) in [5.74, 6) is 0.994. The van der Waals surface area contributed by atoms with Gasteiger partial charge in [-0.3, -0.25) is 9.78 Å². The minimum Gasteiger partial charge on any atom is -0.497 e. The molecule has 0 saturated heterocycles. The predicted molar refractivity (Wildman–Crippen MR) is 70.8 cm³/mol. The predicted octanol–water partition coefficient (Wildman–Crippen LogP) is 1.15. The molecule has 96 valence electrons. The molecule has 0 fully saturated rings. The summed E-state index contributed by atoms with van der Waals surface area (Å²) >= 11 is 5.02. The lowest BCUT2D eigenvalue weighted by atomic mass is 10.1. The van der Waals surface area contributed by atoms with E-state index >= 15 is 0 Å². The molecule has 3 aromatic rings. The zero-order valence-electron chi connectivity index (χ0n) is 9.88. The first kappa shape index (κ1) is 11.6. The summed E-state index contributed by atoms with van der Waals surface area (Å²) in [4.78, 5) is 14.6. The van der Waals surface area contributed by atoms with E-state index in [2.05, 4.69) is 20.3 Å². The first-order valence-corrected chi connectivity index (χ1v) is 5.82. The van der Waals surface area contributed by atoms with E-state index < -0.39 is 0 Å². The van der Waals surface area contributed by atoms with Crippen molar-refractivity contribution in [2.24, 2.45) is 0 Å². The minimum atomic E-state index is -0.327. The first-order valence-electron chi connectivity index (χ1n) is 5.41. The summed E-state index contributed by atoms with van der Waals surface area (Å²) in [6.45, 7) is 0. The molecule has 0 spiro atoms. The van der Waals surface area contributed by atoms with Gasteiger partial charge in [0.05, 0.1) is 7.11 Å². The lowest BCUT2D eigenvalue weighted by Crippen LogP contribution is -2.15. The van der Waals surface area contributed by atoms with Gasteiger partial charge in [-0.2, -0.15) is 9.61 Å². The number of aromatic nitrogens is 5. The highest BCUT2D eigenvalue weighted by Gasteiger charge is 2.09. The number of hydrogen-bond donors (Lipinski definition) is 2. The van der Waals surface area contributed by atoms with Gasteiger partial charge in [-0.05, 0) is 36.5 Å². The second kappa shape index (κ2) is 4.32. The van der Waals surface area contributed by atoms with Gasteiger partial charge >= 0.3 is 0 Å². The molecule has 0 radical (unpaired) electrons. The second-order valence-electron chi connectivity index (χ2n) is 3.80. The summed E-state index contributed by atoms with van der Waals surface area (Å²) in [6.07, 6.45) is 0. The van der Waals surface area contributed by atoms with Gasteiger partial charge in [-0.15, -0.1) is 5.10 Å². The highest BCUT2D eigenvalue weighted by Crippen LogP contribution is 2.17. The SMILES string of the molecule is COc1ccc(-c2nn3c(=S)[nH]nc3[nH]c2=O)cc1. The van der Waals surface area contributed by atoms with Crippen LogP contribution in [-0.2, 0) is 0 Å². The van der Waals surface area contributed by atoms with Crippen LogP contribution < -0.4 is 10.3 Å². The van der Waals surface area contributed by atoms with Crippen molar-refractivity contribution >= 4 is 18.0 Å². The summed E-state index contributed by atoms with van der Waals surface area (Å²) in [5.41, 5.74) is 0.617. The molecule has 0 bridgehead atoms. The maximum Gasteiger partial charge on any atom is 0.279 e. The van der Waals surface area contributed by atoms with Crippen LogP contribution in [0.2, 0.25) is 0 Å². The molecular formula is C11H9N5O2S. The molecule has 2 N–H and O–H groups in total. The van der Waals surface area contributed by atoms with Crippen molar-refractivity contribution in [1.82, 2.24) is 24.8 Å². The summed E-state index contributed by atoms with van der Waals surface area (Å²) in [7, 11) is 1.58. The van der Waals surface area contributed by atoms with Crippen LogP contribution >= 0.6 is 12.2 Å². The number of aromatic amines is 2. The highest BCUT2D eigenvalue weighted by molar-refractivity contribution is 7.71. The van der Waals surface area contributed by atoms with E-state index in [1.807, 2.05) is 0 Å². The van der Waals surface area contributed by atoms with Crippen LogP contribution in [-0.4, -0.2) is 31.9 Å². The van der Waals surface area contributed by atoms with Crippen molar-refractivity contribution in [3.05, 3.63) is 39.4 Å². The Balaban J connectivity index is 2.22. The summed E-state index contributed by atoms with van der Waals surface area (Å²) < 4.78 is 6.76. The zero-order valence-corrected chi connectivity index (χ0v) is 10.7. The van der Waals surface area contributed by atoms with E-state index in [1.54, 1.807) is 31.4 Å². The third-order valence-corrected chi connectivity index (χ3v) is 2.92. The van der Waals surface area contributed by atoms with Crippen LogP contribution in [0.4, 0.5) is 0 Å². The molecular weight excluding hydrogens is 266 g/mol. The van der Waals surface area contributed by atoms with Crippen LogP contribution in [0.5, 0.6) is 5.75 Å². The fourth-order valence-corrected chi connectivity index (χ4v) is 1.88. The molecule has 0 aliphatic rings. The third kappa shape index (κ3) is 1.91. The molecule has 0 saturated carbocycles. The molecule has 3 rings (SSSR count). The number of nitrogens with one attached hydrogen (secondary N) is 2. The number of fused-ring (bicyclic) bond motifs is 1. The Kier molecular flexibility index (Phi) is 2.64. The Hall–Kier alpha value is -2.48.